The fourth-order valence-corrected chi connectivity index (χ4v) is 2.44. The van der Waals surface area contributed by atoms with Crippen LogP contribution in [-0.2, 0) is 6.42 Å². The molecular formula is C14H21BrFN. The molecule has 1 aromatic carbocycles. The summed E-state index contributed by atoms with van der Waals surface area (Å²) in [7, 11) is 0. The molecule has 17 heavy (non-hydrogen) atoms. The zero-order valence-electron chi connectivity index (χ0n) is 10.6. The maximum absolute atomic E-state index is 13.0. The van der Waals surface area contributed by atoms with Gasteiger partial charge in [-0.25, -0.2) is 4.39 Å². The van der Waals surface area contributed by atoms with Gasteiger partial charge in [0.15, 0.2) is 0 Å². The highest BCUT2D eigenvalue weighted by atomic mass is 79.9. The first-order valence-electron chi connectivity index (χ1n) is 6.34. The third kappa shape index (κ3) is 5.17. The lowest BCUT2D eigenvalue weighted by Gasteiger charge is -2.18. The molecule has 0 spiro atoms. The van der Waals surface area contributed by atoms with Crippen LogP contribution in [0.5, 0.6) is 0 Å². The number of benzene rings is 1. The van der Waals surface area contributed by atoms with E-state index in [1.807, 2.05) is 6.07 Å². The van der Waals surface area contributed by atoms with E-state index < -0.39 is 0 Å². The Morgan fingerprint density at radius 3 is 2.65 bits per heavy atom. The second-order valence-electron chi connectivity index (χ2n) is 4.38. The van der Waals surface area contributed by atoms with E-state index in [-0.39, 0.29) is 5.82 Å². The summed E-state index contributed by atoms with van der Waals surface area (Å²) in [6, 6.07) is 5.43. The molecule has 0 fully saturated rings. The molecule has 1 N–H and O–H groups in total. The number of hydrogen-bond donors (Lipinski definition) is 1. The van der Waals surface area contributed by atoms with Crippen LogP contribution >= 0.6 is 15.9 Å². The third-order valence-electron chi connectivity index (χ3n) is 2.80. The first-order chi connectivity index (χ1) is 8.17. The predicted molar refractivity (Wildman–Crippen MR) is 74.8 cm³/mol. The Balaban J connectivity index is 2.64. The van der Waals surface area contributed by atoms with Crippen LogP contribution in [0, 0.1) is 5.82 Å². The number of rotatable bonds is 7. The molecule has 96 valence electrons. The van der Waals surface area contributed by atoms with E-state index in [9.17, 15) is 4.39 Å². The van der Waals surface area contributed by atoms with Crippen molar-refractivity contribution in [3.05, 3.63) is 34.1 Å². The number of nitrogens with one attached hydrogen (secondary N) is 1. The van der Waals surface area contributed by atoms with E-state index in [1.54, 1.807) is 0 Å². The summed E-state index contributed by atoms with van der Waals surface area (Å²) >= 11 is 3.43. The van der Waals surface area contributed by atoms with Gasteiger partial charge in [0.05, 0.1) is 0 Å². The van der Waals surface area contributed by atoms with Crippen LogP contribution in [0.15, 0.2) is 22.7 Å². The van der Waals surface area contributed by atoms with Crippen LogP contribution in [-0.4, -0.2) is 12.6 Å². The Hall–Kier alpha value is -0.410. The van der Waals surface area contributed by atoms with Crippen LogP contribution in [0.25, 0.3) is 0 Å². The molecule has 0 aliphatic carbocycles. The molecule has 0 aliphatic rings. The minimum atomic E-state index is -0.186. The fourth-order valence-electron chi connectivity index (χ4n) is 1.93. The molecule has 1 atom stereocenters. The summed E-state index contributed by atoms with van der Waals surface area (Å²) in [6.45, 7) is 5.41. The van der Waals surface area contributed by atoms with Gasteiger partial charge in [-0.05, 0) is 43.5 Å². The normalized spacial score (nSPS) is 12.7. The van der Waals surface area contributed by atoms with Crippen molar-refractivity contribution in [3.8, 4) is 0 Å². The molecule has 0 saturated heterocycles. The maximum atomic E-state index is 13.0. The van der Waals surface area contributed by atoms with Crippen molar-refractivity contribution in [1.29, 1.82) is 0 Å². The van der Waals surface area contributed by atoms with Crippen LogP contribution < -0.4 is 5.32 Å². The Kier molecular flexibility index (Phi) is 6.75. The Morgan fingerprint density at radius 2 is 2.06 bits per heavy atom. The van der Waals surface area contributed by atoms with Gasteiger partial charge in [-0.15, -0.1) is 0 Å². The molecule has 0 aliphatic heterocycles. The Labute approximate surface area is 112 Å². The first kappa shape index (κ1) is 14.7. The van der Waals surface area contributed by atoms with Crippen molar-refractivity contribution in [1.82, 2.24) is 5.32 Å². The molecule has 0 saturated carbocycles. The summed E-state index contributed by atoms with van der Waals surface area (Å²) in [5.74, 6) is -0.186. The number of hydrogen-bond acceptors (Lipinski definition) is 1. The highest BCUT2D eigenvalue weighted by Gasteiger charge is 2.10. The predicted octanol–water partition coefficient (Wildman–Crippen LogP) is 4.30. The van der Waals surface area contributed by atoms with Crippen molar-refractivity contribution in [2.24, 2.45) is 0 Å². The molecule has 0 amide bonds. The average molecular weight is 302 g/mol. The van der Waals surface area contributed by atoms with Crippen molar-refractivity contribution in [2.75, 3.05) is 6.54 Å². The third-order valence-corrected chi connectivity index (χ3v) is 3.54. The van der Waals surface area contributed by atoms with Crippen LogP contribution in [0.1, 0.15) is 38.7 Å². The highest BCUT2D eigenvalue weighted by Crippen LogP contribution is 2.20. The Morgan fingerprint density at radius 1 is 1.29 bits per heavy atom. The second-order valence-corrected chi connectivity index (χ2v) is 5.23. The van der Waals surface area contributed by atoms with Gasteiger partial charge >= 0.3 is 0 Å². The van der Waals surface area contributed by atoms with E-state index in [0.717, 1.165) is 30.3 Å². The molecule has 3 heteroatoms. The molecule has 0 bridgehead atoms. The van der Waals surface area contributed by atoms with E-state index >= 15 is 0 Å². The SMILES string of the molecule is CCCNC(CCC)Cc1ccc(F)cc1Br. The minimum Gasteiger partial charge on any atom is -0.314 e. The summed E-state index contributed by atoms with van der Waals surface area (Å²) in [6.07, 6.45) is 4.42. The van der Waals surface area contributed by atoms with E-state index in [1.165, 1.54) is 24.1 Å². The zero-order valence-corrected chi connectivity index (χ0v) is 12.2. The summed E-state index contributed by atoms with van der Waals surface area (Å²) in [4.78, 5) is 0. The van der Waals surface area contributed by atoms with Crippen molar-refractivity contribution in [3.63, 3.8) is 0 Å². The van der Waals surface area contributed by atoms with Gasteiger partial charge in [0.25, 0.3) is 0 Å². The van der Waals surface area contributed by atoms with Gasteiger partial charge in [-0.1, -0.05) is 42.3 Å². The molecule has 1 aromatic rings. The quantitative estimate of drug-likeness (QED) is 0.792. The molecule has 1 unspecified atom stereocenters. The van der Waals surface area contributed by atoms with Gasteiger partial charge < -0.3 is 5.32 Å². The van der Waals surface area contributed by atoms with Crippen molar-refractivity contribution < 1.29 is 4.39 Å². The highest BCUT2D eigenvalue weighted by molar-refractivity contribution is 9.10. The lowest BCUT2D eigenvalue weighted by atomic mass is 10.0. The number of halogens is 2. The van der Waals surface area contributed by atoms with E-state index in [0.29, 0.717) is 6.04 Å². The van der Waals surface area contributed by atoms with Gasteiger partial charge in [-0.2, -0.15) is 0 Å². The zero-order chi connectivity index (χ0) is 12.7. The van der Waals surface area contributed by atoms with Crippen LogP contribution in [0.3, 0.4) is 0 Å². The molecular weight excluding hydrogens is 281 g/mol. The van der Waals surface area contributed by atoms with Gasteiger partial charge in [0, 0.05) is 10.5 Å². The monoisotopic (exact) mass is 301 g/mol. The van der Waals surface area contributed by atoms with Gasteiger partial charge in [-0.3, -0.25) is 0 Å². The standard InChI is InChI=1S/C14H21BrFN/c1-3-5-13(17-8-4-2)9-11-6-7-12(16)10-14(11)15/h6-7,10,13,17H,3-5,8-9H2,1-2H3. The largest absolute Gasteiger partial charge is 0.314 e. The second kappa shape index (κ2) is 7.83. The van der Waals surface area contributed by atoms with Gasteiger partial charge in [0.1, 0.15) is 5.82 Å². The summed E-state index contributed by atoms with van der Waals surface area (Å²) in [5, 5.41) is 3.55. The maximum Gasteiger partial charge on any atom is 0.124 e. The lowest BCUT2D eigenvalue weighted by Crippen LogP contribution is -2.31. The van der Waals surface area contributed by atoms with Crippen molar-refractivity contribution >= 4 is 15.9 Å². The van der Waals surface area contributed by atoms with Crippen LogP contribution in [0.2, 0.25) is 0 Å². The van der Waals surface area contributed by atoms with Crippen molar-refractivity contribution in [2.45, 2.75) is 45.6 Å². The van der Waals surface area contributed by atoms with E-state index in [2.05, 4.69) is 35.1 Å². The summed E-state index contributed by atoms with van der Waals surface area (Å²) < 4.78 is 13.9. The van der Waals surface area contributed by atoms with E-state index in [4.69, 9.17) is 0 Å². The fraction of sp³-hybridized carbons (Fsp3) is 0.571. The topological polar surface area (TPSA) is 12.0 Å². The molecule has 0 aromatic heterocycles. The molecule has 0 heterocycles. The smallest absolute Gasteiger partial charge is 0.124 e. The minimum absolute atomic E-state index is 0.186. The molecule has 0 radical (unpaired) electrons. The lowest BCUT2D eigenvalue weighted by molar-refractivity contribution is 0.472. The van der Waals surface area contributed by atoms with Crippen LogP contribution in [0.4, 0.5) is 4.39 Å². The van der Waals surface area contributed by atoms with Gasteiger partial charge in [0.2, 0.25) is 0 Å². The Bertz CT molecular complexity index is 341. The average Bonchev–Trinajstić information content (AvgIpc) is 2.29. The first-order valence-corrected chi connectivity index (χ1v) is 7.14. The summed E-state index contributed by atoms with van der Waals surface area (Å²) in [5.41, 5.74) is 1.17. The molecule has 1 nitrogen and oxygen atoms in total. The molecule has 1 rings (SSSR count).